The third-order valence-corrected chi connectivity index (χ3v) is 4.97. The van der Waals surface area contributed by atoms with Gasteiger partial charge in [-0.25, -0.2) is 0 Å². The van der Waals surface area contributed by atoms with Crippen LogP contribution in [0.2, 0.25) is 0 Å². The van der Waals surface area contributed by atoms with Crippen LogP contribution in [-0.2, 0) is 6.42 Å². The van der Waals surface area contributed by atoms with Gasteiger partial charge in [-0.15, -0.1) is 0 Å². The summed E-state index contributed by atoms with van der Waals surface area (Å²) in [6, 6.07) is 24.4. The first-order valence-corrected chi connectivity index (χ1v) is 8.22. The van der Waals surface area contributed by atoms with Crippen LogP contribution in [0.25, 0.3) is 21.8 Å². The van der Waals surface area contributed by atoms with Crippen LogP contribution in [-0.4, -0.2) is 11.5 Å². The summed E-state index contributed by atoms with van der Waals surface area (Å²) in [5, 5.41) is 6.27. The Labute approximate surface area is 135 Å². The molecule has 1 aliphatic rings. The first-order valence-electron chi connectivity index (χ1n) is 8.22. The molecule has 4 aromatic rings. The number of fused-ring (bicyclic) bond motifs is 4. The first kappa shape index (κ1) is 12.9. The lowest BCUT2D eigenvalue weighted by atomic mass is 9.89. The Kier molecular flexibility index (Phi) is 2.79. The van der Waals surface area contributed by atoms with Gasteiger partial charge in [0.2, 0.25) is 0 Å². The molecule has 0 bridgehead atoms. The molecule has 0 saturated carbocycles. The van der Waals surface area contributed by atoms with E-state index in [2.05, 4.69) is 77.0 Å². The minimum atomic E-state index is 0.288. The molecule has 1 unspecified atom stereocenters. The zero-order chi connectivity index (χ0) is 15.2. The van der Waals surface area contributed by atoms with Crippen LogP contribution in [0.3, 0.4) is 0 Å². The van der Waals surface area contributed by atoms with Gasteiger partial charge in [-0.05, 0) is 35.2 Å². The van der Waals surface area contributed by atoms with Crippen molar-refractivity contribution < 1.29 is 0 Å². The standard InChI is InChI=1S/C21H18N2/c1-2-6-16-14(5-1)11-12-22-21(16)15-9-10-18-17-7-3-4-8-19(17)23-20(18)13-15/h1-10,13,21-23H,11-12H2. The Morgan fingerprint density at radius 1 is 0.783 bits per heavy atom. The molecule has 1 aliphatic heterocycles. The van der Waals surface area contributed by atoms with E-state index in [0.717, 1.165) is 13.0 Å². The fourth-order valence-electron chi connectivity index (χ4n) is 3.85. The second-order valence-corrected chi connectivity index (χ2v) is 6.31. The highest BCUT2D eigenvalue weighted by molar-refractivity contribution is 6.07. The maximum Gasteiger partial charge on any atom is 0.0580 e. The van der Waals surface area contributed by atoms with E-state index >= 15 is 0 Å². The summed E-state index contributed by atoms with van der Waals surface area (Å²) in [5.74, 6) is 0. The fourth-order valence-corrected chi connectivity index (χ4v) is 3.85. The predicted octanol–water partition coefficient (Wildman–Crippen LogP) is 4.56. The number of hydrogen-bond donors (Lipinski definition) is 2. The van der Waals surface area contributed by atoms with Gasteiger partial charge in [0.05, 0.1) is 6.04 Å². The van der Waals surface area contributed by atoms with Gasteiger partial charge >= 0.3 is 0 Å². The summed E-state index contributed by atoms with van der Waals surface area (Å²) in [5.41, 5.74) is 6.63. The molecule has 2 nitrogen and oxygen atoms in total. The molecular formula is C21H18N2. The van der Waals surface area contributed by atoms with E-state index in [1.807, 2.05) is 0 Å². The number of benzene rings is 3. The highest BCUT2D eigenvalue weighted by Gasteiger charge is 2.21. The zero-order valence-corrected chi connectivity index (χ0v) is 12.8. The number of aromatic nitrogens is 1. The van der Waals surface area contributed by atoms with E-state index in [1.54, 1.807) is 0 Å². The van der Waals surface area contributed by atoms with E-state index in [9.17, 15) is 0 Å². The van der Waals surface area contributed by atoms with Crippen LogP contribution in [0.5, 0.6) is 0 Å². The van der Waals surface area contributed by atoms with E-state index in [4.69, 9.17) is 0 Å². The van der Waals surface area contributed by atoms with Crippen LogP contribution >= 0.6 is 0 Å². The zero-order valence-electron chi connectivity index (χ0n) is 12.8. The van der Waals surface area contributed by atoms with Crippen LogP contribution in [0.4, 0.5) is 0 Å². The van der Waals surface area contributed by atoms with Crippen molar-refractivity contribution in [3.8, 4) is 0 Å². The quantitative estimate of drug-likeness (QED) is 0.530. The molecule has 1 aromatic heterocycles. The summed E-state index contributed by atoms with van der Waals surface area (Å²) >= 11 is 0. The summed E-state index contributed by atoms with van der Waals surface area (Å²) in [6.45, 7) is 1.03. The van der Waals surface area contributed by atoms with Gasteiger partial charge in [-0.3, -0.25) is 0 Å². The van der Waals surface area contributed by atoms with Crippen LogP contribution in [0.1, 0.15) is 22.7 Å². The molecule has 23 heavy (non-hydrogen) atoms. The normalized spacial score (nSPS) is 17.5. The van der Waals surface area contributed by atoms with Crippen LogP contribution in [0.15, 0.2) is 66.7 Å². The minimum Gasteiger partial charge on any atom is -0.355 e. The van der Waals surface area contributed by atoms with E-state index in [-0.39, 0.29) is 6.04 Å². The number of nitrogens with one attached hydrogen (secondary N) is 2. The smallest absolute Gasteiger partial charge is 0.0580 e. The van der Waals surface area contributed by atoms with Crippen LogP contribution < -0.4 is 5.32 Å². The molecule has 2 N–H and O–H groups in total. The topological polar surface area (TPSA) is 27.8 Å². The molecule has 0 fully saturated rings. The SMILES string of the molecule is c1ccc2c(c1)CCNC2c1ccc2c(c1)[nH]c1ccccc12. The highest BCUT2D eigenvalue weighted by atomic mass is 14.9. The van der Waals surface area contributed by atoms with E-state index in [1.165, 1.54) is 38.5 Å². The van der Waals surface area contributed by atoms with Crippen molar-refractivity contribution in [2.45, 2.75) is 12.5 Å². The Morgan fingerprint density at radius 3 is 2.61 bits per heavy atom. The average molecular weight is 298 g/mol. The summed E-state index contributed by atoms with van der Waals surface area (Å²) < 4.78 is 0. The summed E-state index contributed by atoms with van der Waals surface area (Å²) in [7, 11) is 0. The lowest BCUT2D eigenvalue weighted by Gasteiger charge is -2.27. The van der Waals surface area contributed by atoms with E-state index < -0.39 is 0 Å². The Bertz CT molecular complexity index is 1010. The third kappa shape index (κ3) is 1.99. The maximum absolute atomic E-state index is 3.68. The van der Waals surface area contributed by atoms with Crippen molar-refractivity contribution in [1.82, 2.24) is 10.3 Å². The molecule has 0 spiro atoms. The van der Waals surface area contributed by atoms with Crippen molar-refractivity contribution >= 4 is 21.8 Å². The second kappa shape index (κ2) is 4.97. The summed E-state index contributed by atoms with van der Waals surface area (Å²) in [4.78, 5) is 3.55. The van der Waals surface area contributed by atoms with Gasteiger partial charge in [-0.2, -0.15) is 0 Å². The lowest BCUT2D eigenvalue weighted by Crippen LogP contribution is -2.30. The molecule has 3 aromatic carbocycles. The molecular weight excluding hydrogens is 280 g/mol. The van der Waals surface area contributed by atoms with Crippen molar-refractivity contribution in [2.75, 3.05) is 6.54 Å². The number of hydrogen-bond acceptors (Lipinski definition) is 1. The average Bonchev–Trinajstić information content (AvgIpc) is 2.99. The lowest BCUT2D eigenvalue weighted by molar-refractivity contribution is 0.568. The fraction of sp³-hybridized carbons (Fsp3) is 0.143. The van der Waals surface area contributed by atoms with Gasteiger partial charge in [0.1, 0.15) is 0 Å². The van der Waals surface area contributed by atoms with Crippen molar-refractivity contribution in [3.63, 3.8) is 0 Å². The van der Waals surface area contributed by atoms with Crippen molar-refractivity contribution in [2.24, 2.45) is 0 Å². The summed E-state index contributed by atoms with van der Waals surface area (Å²) in [6.07, 6.45) is 1.11. The minimum absolute atomic E-state index is 0.288. The Balaban J connectivity index is 1.68. The molecule has 0 amide bonds. The largest absolute Gasteiger partial charge is 0.355 e. The first-order chi connectivity index (χ1) is 11.4. The maximum atomic E-state index is 3.68. The van der Waals surface area contributed by atoms with Gasteiger partial charge in [0, 0.05) is 28.4 Å². The molecule has 0 aliphatic carbocycles. The molecule has 0 saturated heterocycles. The van der Waals surface area contributed by atoms with E-state index in [0.29, 0.717) is 0 Å². The molecule has 2 heteroatoms. The number of rotatable bonds is 1. The van der Waals surface area contributed by atoms with Gasteiger partial charge in [-0.1, -0.05) is 54.6 Å². The molecule has 1 atom stereocenters. The highest BCUT2D eigenvalue weighted by Crippen LogP contribution is 2.32. The molecule has 2 heterocycles. The Morgan fingerprint density at radius 2 is 1.61 bits per heavy atom. The van der Waals surface area contributed by atoms with Crippen LogP contribution in [0, 0.1) is 0 Å². The third-order valence-electron chi connectivity index (χ3n) is 4.97. The number of para-hydroxylation sites is 1. The molecule has 112 valence electrons. The monoisotopic (exact) mass is 298 g/mol. The van der Waals surface area contributed by atoms with Gasteiger partial charge < -0.3 is 10.3 Å². The van der Waals surface area contributed by atoms with Gasteiger partial charge in [0.15, 0.2) is 0 Å². The molecule has 5 rings (SSSR count). The predicted molar refractivity (Wildman–Crippen MR) is 95.8 cm³/mol. The van der Waals surface area contributed by atoms with Crippen molar-refractivity contribution in [3.05, 3.63) is 83.4 Å². The molecule has 0 radical (unpaired) electrons. The number of aromatic amines is 1. The Hall–Kier alpha value is -2.58. The van der Waals surface area contributed by atoms with Crippen molar-refractivity contribution in [1.29, 1.82) is 0 Å². The second-order valence-electron chi connectivity index (χ2n) is 6.31. The number of H-pyrrole nitrogens is 1. The van der Waals surface area contributed by atoms with Gasteiger partial charge in [0.25, 0.3) is 0 Å².